The summed E-state index contributed by atoms with van der Waals surface area (Å²) in [5.74, 6) is -0.0380. The largest absolute Gasteiger partial charge is 0.496 e. The summed E-state index contributed by atoms with van der Waals surface area (Å²) in [6, 6.07) is 5.07. The minimum atomic E-state index is -0.809. The van der Waals surface area contributed by atoms with Gasteiger partial charge in [0.05, 0.1) is 19.2 Å². The predicted molar refractivity (Wildman–Crippen MR) is 76.0 cm³/mol. The fraction of sp³-hybridized carbons (Fsp3) is 0.400. The normalized spacial score (nSPS) is 18.2. The van der Waals surface area contributed by atoms with Gasteiger partial charge in [-0.25, -0.2) is 0 Å². The van der Waals surface area contributed by atoms with Crippen molar-refractivity contribution in [1.82, 2.24) is 10.2 Å². The maximum Gasteiger partial charge on any atom is 0.246 e. The minimum Gasteiger partial charge on any atom is -0.496 e. The highest BCUT2D eigenvalue weighted by Crippen LogP contribution is 2.26. The summed E-state index contributed by atoms with van der Waals surface area (Å²) in [4.78, 5) is 36.2. The second-order valence-electron chi connectivity index (χ2n) is 5.48. The molecule has 1 heterocycles. The van der Waals surface area contributed by atoms with E-state index in [-0.39, 0.29) is 18.4 Å². The number of imide groups is 1. The predicted octanol–water partition coefficient (Wildman–Crippen LogP) is 0.745. The van der Waals surface area contributed by atoms with Crippen molar-refractivity contribution in [3.05, 3.63) is 29.3 Å². The van der Waals surface area contributed by atoms with Gasteiger partial charge in [-0.05, 0) is 32.0 Å². The molecule has 0 spiro atoms. The van der Waals surface area contributed by atoms with Crippen LogP contribution in [0.1, 0.15) is 29.8 Å². The van der Waals surface area contributed by atoms with Gasteiger partial charge in [-0.1, -0.05) is 0 Å². The smallest absolute Gasteiger partial charge is 0.246 e. The van der Waals surface area contributed by atoms with Crippen molar-refractivity contribution < 1.29 is 19.1 Å². The highest BCUT2D eigenvalue weighted by Gasteiger charge is 2.40. The van der Waals surface area contributed by atoms with Crippen LogP contribution < -0.4 is 10.1 Å². The summed E-state index contributed by atoms with van der Waals surface area (Å²) in [6.45, 7) is 3.97. The molecule has 1 fully saturated rings. The molecule has 0 radical (unpaired) electrons. The first-order valence-corrected chi connectivity index (χ1v) is 6.60. The van der Waals surface area contributed by atoms with Crippen LogP contribution in [0.5, 0.6) is 5.75 Å². The molecule has 0 bridgehead atoms. The zero-order valence-corrected chi connectivity index (χ0v) is 12.3. The molecule has 2 amide bonds. The average molecular weight is 290 g/mol. The molecule has 1 N–H and O–H groups in total. The molecule has 0 unspecified atom stereocenters. The molecule has 112 valence electrons. The molecule has 0 atom stereocenters. The third-order valence-electron chi connectivity index (χ3n) is 3.74. The van der Waals surface area contributed by atoms with Crippen LogP contribution in [-0.2, 0) is 16.1 Å². The van der Waals surface area contributed by atoms with Crippen LogP contribution >= 0.6 is 0 Å². The molecular weight excluding hydrogens is 272 g/mol. The molecule has 0 aromatic heterocycles. The number of benzene rings is 1. The van der Waals surface area contributed by atoms with Crippen molar-refractivity contribution in [1.29, 1.82) is 0 Å². The second-order valence-corrected chi connectivity index (χ2v) is 5.48. The number of carbonyl (C=O) groups is 3. The molecule has 0 aliphatic carbocycles. The van der Waals surface area contributed by atoms with Crippen molar-refractivity contribution in [2.24, 2.45) is 0 Å². The number of ether oxygens (including phenoxy) is 1. The lowest BCUT2D eigenvalue weighted by Crippen LogP contribution is -2.63. The first-order valence-electron chi connectivity index (χ1n) is 6.60. The molecule has 6 heteroatoms. The second kappa shape index (κ2) is 5.65. The van der Waals surface area contributed by atoms with Crippen LogP contribution in [0.15, 0.2) is 18.2 Å². The average Bonchev–Trinajstić information content (AvgIpc) is 2.44. The van der Waals surface area contributed by atoms with Crippen LogP contribution in [0.4, 0.5) is 0 Å². The number of piperazine rings is 1. The lowest BCUT2D eigenvalue weighted by atomic mass is 9.97. The summed E-state index contributed by atoms with van der Waals surface area (Å²) < 4.78 is 5.28. The Morgan fingerprint density at radius 1 is 1.38 bits per heavy atom. The molecule has 1 aliphatic heterocycles. The highest BCUT2D eigenvalue weighted by atomic mass is 16.5. The van der Waals surface area contributed by atoms with Gasteiger partial charge in [0, 0.05) is 17.7 Å². The Morgan fingerprint density at radius 2 is 2.10 bits per heavy atom. The Kier molecular flexibility index (Phi) is 4.09. The van der Waals surface area contributed by atoms with E-state index in [0.717, 1.165) is 11.8 Å². The van der Waals surface area contributed by atoms with E-state index >= 15 is 0 Å². The van der Waals surface area contributed by atoms with Gasteiger partial charge in [0.2, 0.25) is 11.8 Å². The van der Waals surface area contributed by atoms with Gasteiger partial charge in [0.15, 0.2) is 0 Å². The summed E-state index contributed by atoms with van der Waals surface area (Å²) >= 11 is 0. The van der Waals surface area contributed by atoms with E-state index < -0.39 is 5.54 Å². The van der Waals surface area contributed by atoms with Gasteiger partial charge in [0.25, 0.3) is 0 Å². The Bertz CT molecular complexity index is 595. The van der Waals surface area contributed by atoms with Crippen LogP contribution in [0.25, 0.3) is 0 Å². The van der Waals surface area contributed by atoms with Gasteiger partial charge in [0.1, 0.15) is 12.0 Å². The molecular formula is C15H18N2O4. The van der Waals surface area contributed by atoms with Crippen LogP contribution in [-0.4, -0.2) is 42.2 Å². The van der Waals surface area contributed by atoms with Gasteiger partial charge < -0.3 is 4.74 Å². The standard InChI is InChI=1S/C15H18N2O4/c1-15(2)14(20)16-13(19)8-17(15)7-11-6-10(9-18)4-5-12(11)21-3/h4-6,9H,7-8H2,1-3H3,(H,16,19,20). The Hall–Kier alpha value is -2.21. The lowest BCUT2D eigenvalue weighted by molar-refractivity contribution is -0.145. The third-order valence-corrected chi connectivity index (χ3v) is 3.74. The number of carbonyl (C=O) groups excluding carboxylic acids is 3. The van der Waals surface area contributed by atoms with E-state index in [1.807, 2.05) is 0 Å². The first kappa shape index (κ1) is 15.2. The topological polar surface area (TPSA) is 75.7 Å². The van der Waals surface area contributed by atoms with E-state index in [1.165, 1.54) is 0 Å². The van der Waals surface area contributed by atoms with E-state index in [1.54, 1.807) is 44.1 Å². The fourth-order valence-electron chi connectivity index (χ4n) is 2.29. The Balaban J connectivity index is 2.33. The number of hydrogen-bond donors (Lipinski definition) is 1. The Morgan fingerprint density at radius 3 is 2.71 bits per heavy atom. The highest BCUT2D eigenvalue weighted by molar-refractivity contribution is 6.02. The van der Waals surface area contributed by atoms with Crippen molar-refractivity contribution in [2.75, 3.05) is 13.7 Å². The third kappa shape index (κ3) is 2.95. The van der Waals surface area contributed by atoms with Crippen molar-refractivity contribution in [3.63, 3.8) is 0 Å². The summed E-state index contributed by atoms with van der Waals surface area (Å²) in [5.41, 5.74) is 0.477. The van der Waals surface area contributed by atoms with Gasteiger partial charge in [-0.3, -0.25) is 24.6 Å². The van der Waals surface area contributed by atoms with E-state index in [0.29, 0.717) is 17.9 Å². The number of nitrogens with zero attached hydrogens (tertiary/aromatic N) is 1. The molecule has 2 rings (SSSR count). The van der Waals surface area contributed by atoms with Gasteiger partial charge in [-0.15, -0.1) is 0 Å². The molecule has 1 saturated heterocycles. The van der Waals surface area contributed by atoms with Crippen LogP contribution in [0, 0.1) is 0 Å². The van der Waals surface area contributed by atoms with E-state index in [4.69, 9.17) is 4.74 Å². The zero-order chi connectivity index (χ0) is 15.6. The number of rotatable bonds is 4. The van der Waals surface area contributed by atoms with Crippen LogP contribution in [0.3, 0.4) is 0 Å². The molecule has 0 saturated carbocycles. The Labute approximate surface area is 123 Å². The monoisotopic (exact) mass is 290 g/mol. The van der Waals surface area contributed by atoms with Crippen molar-refractivity contribution in [2.45, 2.75) is 25.9 Å². The molecule has 1 aromatic rings. The summed E-state index contributed by atoms with van der Waals surface area (Å²) in [5, 5.41) is 2.33. The zero-order valence-electron chi connectivity index (χ0n) is 12.3. The van der Waals surface area contributed by atoms with Crippen molar-refractivity contribution in [3.8, 4) is 5.75 Å². The SMILES string of the molecule is COc1ccc(C=O)cc1CN1CC(=O)NC(=O)C1(C)C. The molecule has 1 aliphatic rings. The molecule has 6 nitrogen and oxygen atoms in total. The summed E-state index contributed by atoms with van der Waals surface area (Å²) in [7, 11) is 1.54. The van der Waals surface area contributed by atoms with E-state index in [2.05, 4.69) is 5.32 Å². The van der Waals surface area contributed by atoms with E-state index in [9.17, 15) is 14.4 Å². The number of methoxy groups -OCH3 is 1. The number of aldehydes is 1. The quantitative estimate of drug-likeness (QED) is 0.654. The maximum atomic E-state index is 11.9. The minimum absolute atomic E-state index is 0.118. The van der Waals surface area contributed by atoms with Gasteiger partial charge in [-0.2, -0.15) is 0 Å². The van der Waals surface area contributed by atoms with Gasteiger partial charge >= 0.3 is 0 Å². The summed E-state index contributed by atoms with van der Waals surface area (Å²) in [6.07, 6.45) is 0.752. The fourth-order valence-corrected chi connectivity index (χ4v) is 2.29. The number of hydrogen-bond acceptors (Lipinski definition) is 5. The van der Waals surface area contributed by atoms with Crippen LogP contribution in [0.2, 0.25) is 0 Å². The molecule has 21 heavy (non-hydrogen) atoms. The number of amides is 2. The van der Waals surface area contributed by atoms with Crippen molar-refractivity contribution >= 4 is 18.1 Å². The number of nitrogens with one attached hydrogen (secondary N) is 1. The lowest BCUT2D eigenvalue weighted by Gasteiger charge is -2.40. The first-order chi connectivity index (χ1) is 9.88. The molecule has 1 aromatic carbocycles. The maximum absolute atomic E-state index is 11.9.